The summed E-state index contributed by atoms with van der Waals surface area (Å²) in [6.45, 7) is 6.58. The van der Waals surface area contributed by atoms with Crippen molar-refractivity contribution < 1.29 is 28.6 Å². The van der Waals surface area contributed by atoms with E-state index in [1.165, 1.54) is 257 Å². The van der Waals surface area contributed by atoms with Gasteiger partial charge in [-0.25, -0.2) is 0 Å². The molecule has 0 aromatic heterocycles. The summed E-state index contributed by atoms with van der Waals surface area (Å²) in [6.07, 6.45) is 92.6. The quantitative estimate of drug-likeness (QED) is 0.0261. The predicted molar refractivity (Wildman–Crippen MR) is 362 cm³/mol. The van der Waals surface area contributed by atoms with Crippen LogP contribution >= 0.6 is 0 Å². The number of allylic oxidation sites excluding steroid dienone is 10. The van der Waals surface area contributed by atoms with Gasteiger partial charge >= 0.3 is 17.9 Å². The summed E-state index contributed by atoms with van der Waals surface area (Å²) in [5.41, 5.74) is 0. The third-order valence-electron chi connectivity index (χ3n) is 16.5. The van der Waals surface area contributed by atoms with Gasteiger partial charge in [0.25, 0.3) is 0 Å². The first-order valence-corrected chi connectivity index (χ1v) is 36.8. The predicted octanol–water partition coefficient (Wildman–Crippen LogP) is 25.5. The zero-order valence-corrected chi connectivity index (χ0v) is 55.7. The molecule has 0 aliphatic carbocycles. The third-order valence-corrected chi connectivity index (χ3v) is 16.5. The van der Waals surface area contributed by atoms with E-state index in [0.717, 1.165) is 96.3 Å². The average molecular weight is 1160 g/mol. The average Bonchev–Trinajstić information content (AvgIpc) is 3.49. The highest BCUT2D eigenvalue weighted by molar-refractivity contribution is 5.71. The van der Waals surface area contributed by atoms with Crippen LogP contribution in [-0.4, -0.2) is 37.2 Å². The Bertz CT molecular complexity index is 1470. The van der Waals surface area contributed by atoms with E-state index in [1.54, 1.807) is 0 Å². The summed E-state index contributed by atoms with van der Waals surface area (Å²) in [5.74, 6) is -0.871. The van der Waals surface area contributed by atoms with Gasteiger partial charge in [-0.05, 0) is 83.5 Å². The van der Waals surface area contributed by atoms with Crippen molar-refractivity contribution in [2.24, 2.45) is 0 Å². The number of unbranched alkanes of at least 4 members (excludes halogenated alkanes) is 47. The van der Waals surface area contributed by atoms with Crippen LogP contribution in [0.15, 0.2) is 60.8 Å². The Balaban J connectivity index is 4.25. The van der Waals surface area contributed by atoms with Crippen LogP contribution in [0.2, 0.25) is 0 Å². The van der Waals surface area contributed by atoms with E-state index in [4.69, 9.17) is 14.2 Å². The van der Waals surface area contributed by atoms with E-state index in [9.17, 15) is 14.4 Å². The lowest BCUT2D eigenvalue weighted by Gasteiger charge is -2.18. The smallest absolute Gasteiger partial charge is 0.306 e. The molecule has 0 fully saturated rings. The van der Waals surface area contributed by atoms with E-state index >= 15 is 0 Å². The van der Waals surface area contributed by atoms with Crippen molar-refractivity contribution in [2.75, 3.05) is 13.2 Å². The summed E-state index contributed by atoms with van der Waals surface area (Å²) < 4.78 is 17.0. The van der Waals surface area contributed by atoms with Gasteiger partial charge in [0, 0.05) is 19.3 Å². The molecule has 0 aromatic carbocycles. The summed E-state index contributed by atoms with van der Waals surface area (Å²) >= 11 is 0. The number of hydrogen-bond donors (Lipinski definition) is 0. The second-order valence-electron chi connectivity index (χ2n) is 24.8. The van der Waals surface area contributed by atoms with Gasteiger partial charge in [0.05, 0.1) is 0 Å². The number of hydrogen-bond acceptors (Lipinski definition) is 6. The molecule has 0 N–H and O–H groups in total. The van der Waals surface area contributed by atoms with Crippen molar-refractivity contribution in [3.63, 3.8) is 0 Å². The van der Waals surface area contributed by atoms with Crippen molar-refractivity contribution in [1.82, 2.24) is 0 Å². The maximum Gasteiger partial charge on any atom is 0.306 e. The number of carbonyl (C=O) groups is 3. The van der Waals surface area contributed by atoms with Crippen LogP contribution in [0.3, 0.4) is 0 Å². The lowest BCUT2D eigenvalue weighted by molar-refractivity contribution is -0.167. The molecule has 0 aliphatic heterocycles. The van der Waals surface area contributed by atoms with Gasteiger partial charge in [0.2, 0.25) is 0 Å². The zero-order chi connectivity index (χ0) is 59.9. The third kappa shape index (κ3) is 69.8. The number of esters is 3. The van der Waals surface area contributed by atoms with Crippen LogP contribution in [-0.2, 0) is 28.6 Å². The van der Waals surface area contributed by atoms with Crippen molar-refractivity contribution in [3.05, 3.63) is 60.8 Å². The van der Waals surface area contributed by atoms with Gasteiger partial charge in [0.1, 0.15) is 13.2 Å². The molecular weight excluding hydrogens is 1020 g/mol. The van der Waals surface area contributed by atoms with Crippen LogP contribution < -0.4 is 0 Å². The van der Waals surface area contributed by atoms with Crippen LogP contribution in [0.1, 0.15) is 393 Å². The molecule has 0 aromatic rings. The lowest BCUT2D eigenvalue weighted by atomic mass is 10.0. The Kier molecular flexibility index (Phi) is 69.1. The van der Waals surface area contributed by atoms with Crippen molar-refractivity contribution in [3.8, 4) is 0 Å². The van der Waals surface area contributed by atoms with E-state index in [1.807, 2.05) is 0 Å². The Labute approximate surface area is 517 Å². The van der Waals surface area contributed by atoms with Crippen molar-refractivity contribution >= 4 is 17.9 Å². The largest absolute Gasteiger partial charge is 0.462 e. The number of ether oxygens (including phenoxy) is 3. The van der Waals surface area contributed by atoms with Crippen LogP contribution in [0, 0.1) is 0 Å². The normalized spacial score (nSPS) is 12.4. The van der Waals surface area contributed by atoms with Gasteiger partial charge in [-0.15, -0.1) is 0 Å². The van der Waals surface area contributed by atoms with E-state index in [0.29, 0.717) is 19.3 Å². The fraction of sp³-hybridized carbons (Fsp3) is 0.831. The summed E-state index contributed by atoms with van der Waals surface area (Å²) in [4.78, 5) is 38.5. The molecule has 1 unspecified atom stereocenters. The summed E-state index contributed by atoms with van der Waals surface area (Å²) in [7, 11) is 0. The lowest BCUT2D eigenvalue weighted by Crippen LogP contribution is -2.30. The maximum absolute atomic E-state index is 13.0. The SMILES string of the molecule is CC/C=C\C/C=C\C/C=C\C/C=C\CCCCCCCCC(=O)OC(COC(=O)CCCCCCCCC/C=C\CCCCCCCC)COC(=O)CCCCCCCCCCCCCCCCCCCCCCCCCCCCCCC. The first kappa shape index (κ1) is 80.1. The molecule has 6 nitrogen and oxygen atoms in total. The second kappa shape index (κ2) is 71.6. The van der Waals surface area contributed by atoms with Crippen LogP contribution in [0.4, 0.5) is 0 Å². The van der Waals surface area contributed by atoms with Gasteiger partial charge < -0.3 is 14.2 Å². The minimum absolute atomic E-state index is 0.0778. The standard InChI is InChI=1S/C77H140O6/c1-4-7-10-13-16-19-22-25-28-31-33-34-35-36-37-38-39-40-41-42-44-46-49-52-55-58-61-64-67-70-76(79)82-73-74(72-81-75(78)69-66-63-60-57-54-51-48-45-30-27-24-21-18-15-12-9-6-3)83-77(80)71-68-65-62-59-56-53-50-47-43-32-29-26-23-20-17-14-11-8-5-2/h8,11,17,20,26-27,29-30,43,47,74H,4-7,9-10,12-16,18-19,21-25,28,31-42,44-46,48-73H2,1-3H3/b11-8-,20-17-,29-26-,30-27-,47-43-. The van der Waals surface area contributed by atoms with Crippen molar-refractivity contribution in [2.45, 2.75) is 399 Å². The summed E-state index contributed by atoms with van der Waals surface area (Å²) in [5, 5.41) is 0. The topological polar surface area (TPSA) is 78.9 Å². The highest BCUT2D eigenvalue weighted by Gasteiger charge is 2.19. The Morgan fingerprint density at radius 1 is 0.253 bits per heavy atom. The Morgan fingerprint density at radius 2 is 0.470 bits per heavy atom. The van der Waals surface area contributed by atoms with Crippen LogP contribution in [0.5, 0.6) is 0 Å². The Hall–Kier alpha value is -2.89. The molecular formula is C77H140O6. The fourth-order valence-corrected chi connectivity index (χ4v) is 11.0. The molecule has 484 valence electrons. The molecule has 83 heavy (non-hydrogen) atoms. The van der Waals surface area contributed by atoms with E-state index < -0.39 is 6.10 Å². The monoisotopic (exact) mass is 1160 g/mol. The molecule has 0 saturated heterocycles. The van der Waals surface area contributed by atoms with Gasteiger partial charge in [0.15, 0.2) is 6.10 Å². The first-order valence-electron chi connectivity index (χ1n) is 36.8. The molecule has 0 aliphatic rings. The first-order chi connectivity index (χ1) is 41.0. The molecule has 0 radical (unpaired) electrons. The fourth-order valence-electron chi connectivity index (χ4n) is 11.0. The highest BCUT2D eigenvalue weighted by Crippen LogP contribution is 2.19. The van der Waals surface area contributed by atoms with Gasteiger partial charge in [-0.2, -0.15) is 0 Å². The molecule has 0 amide bonds. The molecule has 0 heterocycles. The highest BCUT2D eigenvalue weighted by atomic mass is 16.6. The maximum atomic E-state index is 13.0. The van der Waals surface area contributed by atoms with Crippen LogP contribution in [0.25, 0.3) is 0 Å². The minimum Gasteiger partial charge on any atom is -0.462 e. The molecule has 0 saturated carbocycles. The van der Waals surface area contributed by atoms with Gasteiger partial charge in [-0.1, -0.05) is 351 Å². The zero-order valence-electron chi connectivity index (χ0n) is 55.7. The van der Waals surface area contributed by atoms with E-state index in [-0.39, 0.29) is 31.1 Å². The van der Waals surface area contributed by atoms with Crippen molar-refractivity contribution in [1.29, 1.82) is 0 Å². The molecule has 1 atom stereocenters. The molecule has 0 rings (SSSR count). The number of carbonyl (C=O) groups excluding carboxylic acids is 3. The minimum atomic E-state index is -0.785. The van der Waals surface area contributed by atoms with E-state index in [2.05, 4.69) is 81.5 Å². The second-order valence-corrected chi connectivity index (χ2v) is 24.8. The molecule has 0 spiro atoms. The van der Waals surface area contributed by atoms with Gasteiger partial charge in [-0.3, -0.25) is 14.4 Å². The molecule has 0 bridgehead atoms. The Morgan fingerprint density at radius 3 is 0.747 bits per heavy atom. The molecule has 6 heteroatoms. The summed E-state index contributed by atoms with van der Waals surface area (Å²) in [6, 6.07) is 0. The number of rotatable bonds is 68.